The number of aliphatic hydroxyl groups is 1. The van der Waals surface area contributed by atoms with E-state index in [1.807, 2.05) is 13.0 Å². The Morgan fingerprint density at radius 1 is 0.917 bits per heavy atom. The Kier molecular flexibility index (Phi) is 10.5. The molecule has 4 rings (SSSR count). The molecule has 0 aliphatic heterocycles. The summed E-state index contributed by atoms with van der Waals surface area (Å²) in [6.45, 7) is 7.97. The van der Waals surface area contributed by atoms with Gasteiger partial charge >= 0.3 is 0 Å². The first-order valence-electron chi connectivity index (χ1n) is 15.3. The zero-order valence-electron chi connectivity index (χ0n) is 23.1. The first-order valence-corrected chi connectivity index (χ1v) is 15.3. The van der Waals surface area contributed by atoms with Gasteiger partial charge in [-0.2, -0.15) is 0 Å². The van der Waals surface area contributed by atoms with E-state index in [-0.39, 0.29) is 5.82 Å². The van der Waals surface area contributed by atoms with Gasteiger partial charge in [-0.1, -0.05) is 64.2 Å². The van der Waals surface area contributed by atoms with Crippen molar-refractivity contribution in [3.63, 3.8) is 0 Å². The van der Waals surface area contributed by atoms with Gasteiger partial charge < -0.3 is 5.11 Å². The molecule has 0 heterocycles. The van der Waals surface area contributed by atoms with Crippen molar-refractivity contribution in [2.45, 2.75) is 141 Å². The van der Waals surface area contributed by atoms with Gasteiger partial charge in [0, 0.05) is 6.04 Å². The monoisotopic (exact) mass is 497 g/mol. The summed E-state index contributed by atoms with van der Waals surface area (Å²) in [6.07, 6.45) is 19.9. The van der Waals surface area contributed by atoms with Crippen molar-refractivity contribution < 1.29 is 9.50 Å². The van der Waals surface area contributed by atoms with Gasteiger partial charge in [0.15, 0.2) is 0 Å². The van der Waals surface area contributed by atoms with E-state index in [0.717, 1.165) is 54.6 Å². The summed E-state index contributed by atoms with van der Waals surface area (Å²) in [6, 6.07) is 6.50. The Morgan fingerprint density at radius 2 is 1.53 bits per heavy atom. The van der Waals surface area contributed by atoms with Crippen molar-refractivity contribution in [2.75, 3.05) is 0 Å². The maximum Gasteiger partial charge on any atom is 0.126 e. The maximum absolute atomic E-state index is 15.3. The van der Waals surface area contributed by atoms with Crippen LogP contribution in [0.5, 0.6) is 0 Å². The molecule has 0 amide bonds. The number of aliphatic hydroxyl groups excluding tert-OH is 1. The van der Waals surface area contributed by atoms with Crippen molar-refractivity contribution in [2.24, 2.45) is 17.8 Å². The SMILES string of the molecule is C=C(C)C(O)NC1CCC(c2ccc(C3CCC(C4CCC(CCCCC)CC4)CC3)cc2F)CC1. The highest BCUT2D eigenvalue weighted by molar-refractivity contribution is 5.30. The van der Waals surface area contributed by atoms with Crippen molar-refractivity contribution in [3.8, 4) is 0 Å². The fraction of sp³-hybridized carbons (Fsp3) is 0.758. The van der Waals surface area contributed by atoms with Crippen LogP contribution in [0.25, 0.3) is 0 Å². The summed E-state index contributed by atoms with van der Waals surface area (Å²) >= 11 is 0. The van der Waals surface area contributed by atoms with E-state index >= 15 is 4.39 Å². The van der Waals surface area contributed by atoms with E-state index in [2.05, 4.69) is 31.0 Å². The third-order valence-corrected chi connectivity index (χ3v) is 10.1. The molecule has 1 atom stereocenters. The molecular weight excluding hydrogens is 445 g/mol. The van der Waals surface area contributed by atoms with Gasteiger partial charge in [-0.25, -0.2) is 4.39 Å². The standard InChI is InChI=1S/C33H52FNO/c1-4-5-6-7-24-8-10-25(11-9-24)26-12-14-27(15-13-26)29-18-21-31(32(34)22-29)28-16-19-30(20-17-28)35-33(36)23(2)3/h18,21-22,24-28,30,33,35-36H,2,4-17,19-20H2,1,3H3. The lowest BCUT2D eigenvalue weighted by atomic mass is 9.68. The molecular formula is C33H52FNO. The van der Waals surface area contributed by atoms with Gasteiger partial charge in [0.05, 0.1) is 0 Å². The number of hydrogen-bond donors (Lipinski definition) is 2. The Morgan fingerprint density at radius 3 is 2.11 bits per heavy atom. The van der Waals surface area contributed by atoms with Crippen LogP contribution in [0, 0.1) is 23.6 Å². The fourth-order valence-electron chi connectivity index (χ4n) is 7.62. The van der Waals surface area contributed by atoms with Crippen LogP contribution in [-0.2, 0) is 0 Å². The lowest BCUT2D eigenvalue weighted by Crippen LogP contribution is -2.40. The second kappa shape index (κ2) is 13.6. The van der Waals surface area contributed by atoms with Crippen LogP contribution in [0.15, 0.2) is 30.4 Å². The Labute approximate surface area is 220 Å². The van der Waals surface area contributed by atoms with Gasteiger partial charge in [0.1, 0.15) is 12.0 Å². The molecule has 1 unspecified atom stereocenters. The minimum absolute atomic E-state index is 0.00870. The lowest BCUT2D eigenvalue weighted by Gasteiger charge is -2.38. The minimum atomic E-state index is -0.636. The molecule has 36 heavy (non-hydrogen) atoms. The number of nitrogens with one attached hydrogen (secondary N) is 1. The molecule has 0 aromatic heterocycles. The predicted molar refractivity (Wildman–Crippen MR) is 150 cm³/mol. The molecule has 1 aromatic carbocycles. The van der Waals surface area contributed by atoms with E-state index in [4.69, 9.17) is 0 Å². The number of unbranched alkanes of at least 4 members (excludes halogenated alkanes) is 2. The highest BCUT2D eigenvalue weighted by atomic mass is 19.1. The maximum atomic E-state index is 15.3. The van der Waals surface area contributed by atoms with Crippen LogP contribution in [0.3, 0.4) is 0 Å². The number of benzene rings is 1. The van der Waals surface area contributed by atoms with Crippen molar-refractivity contribution >= 4 is 0 Å². The van der Waals surface area contributed by atoms with E-state index in [1.165, 1.54) is 82.6 Å². The summed E-state index contributed by atoms with van der Waals surface area (Å²) in [5.41, 5.74) is 2.88. The predicted octanol–water partition coefficient (Wildman–Crippen LogP) is 9.00. The molecule has 0 bridgehead atoms. The molecule has 3 fully saturated rings. The molecule has 3 aliphatic rings. The average molecular weight is 498 g/mol. The van der Waals surface area contributed by atoms with Gasteiger partial charge in [0.2, 0.25) is 0 Å². The molecule has 202 valence electrons. The van der Waals surface area contributed by atoms with E-state index < -0.39 is 6.23 Å². The third-order valence-electron chi connectivity index (χ3n) is 10.1. The summed E-state index contributed by atoms with van der Waals surface area (Å²) in [4.78, 5) is 0. The van der Waals surface area contributed by atoms with Gasteiger partial charge in [-0.3, -0.25) is 5.32 Å². The lowest BCUT2D eigenvalue weighted by molar-refractivity contribution is 0.142. The van der Waals surface area contributed by atoms with Crippen LogP contribution in [0.1, 0.15) is 140 Å². The number of rotatable bonds is 10. The van der Waals surface area contributed by atoms with Crippen LogP contribution in [0.4, 0.5) is 4.39 Å². The van der Waals surface area contributed by atoms with Gasteiger partial charge in [-0.15, -0.1) is 0 Å². The fourth-order valence-corrected chi connectivity index (χ4v) is 7.62. The molecule has 0 spiro atoms. The normalized spacial score (nSPS) is 32.2. The first-order chi connectivity index (χ1) is 17.4. The molecule has 2 nitrogen and oxygen atoms in total. The van der Waals surface area contributed by atoms with Crippen LogP contribution < -0.4 is 5.32 Å². The third kappa shape index (κ3) is 7.44. The van der Waals surface area contributed by atoms with E-state index in [0.29, 0.717) is 17.9 Å². The summed E-state index contributed by atoms with van der Waals surface area (Å²) in [5, 5.41) is 13.3. The molecule has 0 radical (unpaired) electrons. The smallest absolute Gasteiger partial charge is 0.126 e. The first kappa shape index (κ1) is 27.8. The molecule has 0 saturated heterocycles. The molecule has 1 aromatic rings. The highest BCUT2D eigenvalue weighted by Gasteiger charge is 2.32. The zero-order chi connectivity index (χ0) is 25.5. The molecule has 3 heteroatoms. The number of halogens is 1. The van der Waals surface area contributed by atoms with Crippen molar-refractivity contribution in [1.29, 1.82) is 0 Å². The summed E-state index contributed by atoms with van der Waals surface area (Å²) in [7, 11) is 0. The van der Waals surface area contributed by atoms with Gasteiger partial charge in [-0.05, 0) is 123 Å². The number of hydrogen-bond acceptors (Lipinski definition) is 2. The minimum Gasteiger partial charge on any atom is -0.375 e. The second-order valence-corrected chi connectivity index (χ2v) is 12.6. The van der Waals surface area contributed by atoms with Crippen molar-refractivity contribution in [1.82, 2.24) is 5.32 Å². The van der Waals surface area contributed by atoms with Crippen molar-refractivity contribution in [3.05, 3.63) is 47.3 Å². The Bertz CT molecular complexity index is 813. The zero-order valence-corrected chi connectivity index (χ0v) is 23.1. The van der Waals surface area contributed by atoms with Crippen LogP contribution >= 0.6 is 0 Å². The Balaban J connectivity index is 1.22. The summed E-state index contributed by atoms with van der Waals surface area (Å²) in [5.74, 6) is 3.71. The second-order valence-electron chi connectivity index (χ2n) is 12.6. The van der Waals surface area contributed by atoms with E-state index in [1.54, 1.807) is 0 Å². The largest absolute Gasteiger partial charge is 0.375 e. The highest BCUT2D eigenvalue weighted by Crippen LogP contribution is 2.45. The average Bonchev–Trinajstić information content (AvgIpc) is 2.90. The topological polar surface area (TPSA) is 32.3 Å². The van der Waals surface area contributed by atoms with Crippen LogP contribution in [0.2, 0.25) is 0 Å². The Hall–Kier alpha value is -1.19. The van der Waals surface area contributed by atoms with E-state index in [9.17, 15) is 5.11 Å². The van der Waals surface area contributed by atoms with Crippen LogP contribution in [-0.4, -0.2) is 17.4 Å². The quantitative estimate of drug-likeness (QED) is 0.192. The molecule has 3 saturated carbocycles. The molecule has 2 N–H and O–H groups in total. The summed E-state index contributed by atoms with van der Waals surface area (Å²) < 4.78 is 15.3. The molecule has 3 aliphatic carbocycles. The van der Waals surface area contributed by atoms with Gasteiger partial charge in [0.25, 0.3) is 0 Å².